The molecule has 196 valence electrons. The number of fused-ring (bicyclic) bond motifs is 3. The third kappa shape index (κ3) is 5.70. The van der Waals surface area contributed by atoms with Gasteiger partial charge in [0.25, 0.3) is 0 Å². The van der Waals surface area contributed by atoms with Gasteiger partial charge in [-0.3, -0.25) is 0 Å². The smallest absolute Gasteiger partial charge is 0.181 e. The molecule has 5 atom stereocenters. The zero-order valence-corrected chi connectivity index (χ0v) is 21.0. The van der Waals surface area contributed by atoms with Gasteiger partial charge in [0.2, 0.25) is 0 Å². The van der Waals surface area contributed by atoms with Crippen molar-refractivity contribution in [1.29, 1.82) is 0 Å². The SMILES string of the molecule is c1ccc(COC[C@H]2O[C@@H]3[C@H](OCc4cnnn43)[C@@H](OCc3ccccc3)[C@H]2OCc2ccccc2)cc1. The van der Waals surface area contributed by atoms with Gasteiger partial charge in [-0.2, -0.15) is 0 Å². The van der Waals surface area contributed by atoms with Gasteiger partial charge in [-0.05, 0) is 16.7 Å². The predicted octanol–water partition coefficient (Wildman–Crippen LogP) is 4.46. The molecule has 2 aliphatic rings. The van der Waals surface area contributed by atoms with Gasteiger partial charge in [0, 0.05) is 0 Å². The van der Waals surface area contributed by atoms with Crippen molar-refractivity contribution < 1.29 is 23.7 Å². The van der Waals surface area contributed by atoms with Gasteiger partial charge in [-0.15, -0.1) is 5.10 Å². The van der Waals surface area contributed by atoms with E-state index >= 15 is 0 Å². The second-order valence-electron chi connectivity index (χ2n) is 9.53. The molecule has 0 spiro atoms. The first kappa shape index (κ1) is 24.9. The Bertz CT molecular complexity index is 1270. The molecule has 3 heterocycles. The summed E-state index contributed by atoms with van der Waals surface area (Å²) in [6, 6.07) is 30.3. The summed E-state index contributed by atoms with van der Waals surface area (Å²) >= 11 is 0. The van der Waals surface area contributed by atoms with Crippen molar-refractivity contribution in [2.24, 2.45) is 0 Å². The molecule has 0 saturated carbocycles. The number of aromatic nitrogens is 3. The van der Waals surface area contributed by atoms with Crippen LogP contribution in [-0.4, -0.2) is 46.0 Å². The van der Waals surface area contributed by atoms with Crippen molar-refractivity contribution in [2.75, 3.05) is 6.61 Å². The van der Waals surface area contributed by atoms with Crippen LogP contribution in [-0.2, 0) is 50.1 Å². The van der Waals surface area contributed by atoms with Gasteiger partial charge in [-0.1, -0.05) is 96.2 Å². The van der Waals surface area contributed by atoms with Crippen LogP contribution in [0.25, 0.3) is 0 Å². The summed E-state index contributed by atoms with van der Waals surface area (Å²) in [5.41, 5.74) is 4.11. The maximum absolute atomic E-state index is 6.60. The van der Waals surface area contributed by atoms with E-state index in [-0.39, 0.29) is 0 Å². The number of hydrogen-bond donors (Lipinski definition) is 0. The predicted molar refractivity (Wildman–Crippen MR) is 139 cm³/mol. The molecule has 6 rings (SSSR count). The first-order valence-electron chi connectivity index (χ1n) is 12.9. The second-order valence-corrected chi connectivity index (χ2v) is 9.53. The monoisotopic (exact) mass is 513 g/mol. The van der Waals surface area contributed by atoms with Gasteiger partial charge in [0.15, 0.2) is 6.23 Å². The molecule has 1 aromatic heterocycles. The highest BCUT2D eigenvalue weighted by Gasteiger charge is 2.51. The fraction of sp³-hybridized carbons (Fsp3) is 0.333. The average molecular weight is 514 g/mol. The number of ether oxygens (including phenoxy) is 5. The lowest BCUT2D eigenvalue weighted by atomic mass is 9.96. The van der Waals surface area contributed by atoms with Gasteiger partial charge in [-0.25, -0.2) is 4.68 Å². The van der Waals surface area contributed by atoms with Crippen LogP contribution in [0.2, 0.25) is 0 Å². The summed E-state index contributed by atoms with van der Waals surface area (Å²) in [6.07, 6.45) is -0.467. The molecule has 1 saturated heterocycles. The molecular weight excluding hydrogens is 482 g/mol. The Kier molecular flexibility index (Phi) is 7.85. The van der Waals surface area contributed by atoms with E-state index in [1.807, 2.05) is 91.0 Å². The summed E-state index contributed by atoms with van der Waals surface area (Å²) in [5.74, 6) is 0. The van der Waals surface area contributed by atoms with Crippen molar-refractivity contribution in [2.45, 2.75) is 57.1 Å². The van der Waals surface area contributed by atoms with Gasteiger partial charge >= 0.3 is 0 Å². The third-order valence-corrected chi connectivity index (χ3v) is 6.89. The molecule has 1 fully saturated rings. The molecule has 2 aliphatic heterocycles. The van der Waals surface area contributed by atoms with Crippen molar-refractivity contribution in [3.8, 4) is 0 Å². The van der Waals surface area contributed by atoms with Gasteiger partial charge in [0.05, 0.1) is 44.9 Å². The van der Waals surface area contributed by atoms with Gasteiger partial charge in [0.1, 0.15) is 24.4 Å². The molecule has 0 radical (unpaired) electrons. The summed E-state index contributed by atoms with van der Waals surface area (Å²) in [7, 11) is 0. The summed E-state index contributed by atoms with van der Waals surface area (Å²) < 4.78 is 34.0. The quantitative estimate of drug-likeness (QED) is 0.310. The zero-order valence-electron chi connectivity index (χ0n) is 21.0. The van der Waals surface area contributed by atoms with Gasteiger partial charge < -0.3 is 23.7 Å². The zero-order chi connectivity index (χ0) is 25.6. The molecule has 0 bridgehead atoms. The molecule has 3 aromatic carbocycles. The molecule has 8 nitrogen and oxygen atoms in total. The molecule has 0 N–H and O–H groups in total. The Labute approximate surface area is 222 Å². The van der Waals surface area contributed by atoms with E-state index in [0.29, 0.717) is 33.0 Å². The van der Waals surface area contributed by atoms with E-state index in [9.17, 15) is 0 Å². The highest BCUT2D eigenvalue weighted by molar-refractivity contribution is 5.15. The van der Waals surface area contributed by atoms with Crippen LogP contribution in [0.5, 0.6) is 0 Å². The van der Waals surface area contributed by atoms with E-state index < -0.39 is 30.6 Å². The molecule has 4 aromatic rings. The molecule has 0 amide bonds. The fourth-order valence-electron chi connectivity index (χ4n) is 4.96. The average Bonchev–Trinajstić information content (AvgIpc) is 3.46. The van der Waals surface area contributed by atoms with E-state index in [4.69, 9.17) is 23.7 Å². The standard InChI is InChI=1S/C30H31N3O5/c1-4-10-22(11-5-1)17-34-21-26-27(35-18-23-12-6-2-7-13-23)28(36-19-24-14-8-3-9-15-24)29-30(38-26)33-25(20-37-29)16-31-32-33/h1-16,26-30H,17-21H2/t26-,27+,28+,29-,30-/m1/s1. The number of nitrogens with zero attached hydrogens (tertiary/aromatic N) is 3. The Morgan fingerprint density at radius 3 is 1.95 bits per heavy atom. The molecule has 0 aliphatic carbocycles. The fourth-order valence-corrected chi connectivity index (χ4v) is 4.96. The Morgan fingerprint density at radius 2 is 1.32 bits per heavy atom. The number of rotatable bonds is 10. The highest BCUT2D eigenvalue weighted by Crippen LogP contribution is 2.38. The van der Waals surface area contributed by atoms with Crippen LogP contribution in [0.1, 0.15) is 28.6 Å². The lowest BCUT2D eigenvalue weighted by Crippen LogP contribution is -2.60. The summed E-state index contributed by atoms with van der Waals surface area (Å²) in [4.78, 5) is 0. The lowest BCUT2D eigenvalue weighted by molar-refractivity contribution is -0.301. The molecule has 8 heteroatoms. The van der Waals surface area contributed by atoms with Crippen LogP contribution < -0.4 is 0 Å². The minimum Gasteiger partial charge on any atom is -0.374 e. The molecule has 0 unspecified atom stereocenters. The normalized spacial score (nSPS) is 24.5. The Hall–Kier alpha value is -3.40. The molecular formula is C30H31N3O5. The van der Waals surface area contributed by atoms with E-state index in [1.54, 1.807) is 10.9 Å². The minimum absolute atomic E-state index is 0.326. The van der Waals surface area contributed by atoms with Crippen molar-refractivity contribution in [3.63, 3.8) is 0 Å². The van der Waals surface area contributed by atoms with E-state index in [0.717, 1.165) is 22.4 Å². The van der Waals surface area contributed by atoms with E-state index in [2.05, 4.69) is 10.3 Å². The maximum atomic E-state index is 6.60. The van der Waals surface area contributed by atoms with Crippen LogP contribution in [0, 0.1) is 0 Å². The third-order valence-electron chi connectivity index (χ3n) is 6.89. The highest BCUT2D eigenvalue weighted by atomic mass is 16.6. The topological polar surface area (TPSA) is 76.9 Å². The second kappa shape index (κ2) is 12.0. The van der Waals surface area contributed by atoms with E-state index in [1.165, 1.54) is 0 Å². The lowest BCUT2D eigenvalue weighted by Gasteiger charge is -2.47. The van der Waals surface area contributed by atoms with Crippen LogP contribution >= 0.6 is 0 Å². The summed E-state index contributed by atoms with van der Waals surface area (Å²) in [5, 5.41) is 8.38. The minimum atomic E-state index is -0.496. The maximum Gasteiger partial charge on any atom is 0.181 e. The molecule has 38 heavy (non-hydrogen) atoms. The van der Waals surface area contributed by atoms with Crippen LogP contribution in [0.3, 0.4) is 0 Å². The van der Waals surface area contributed by atoms with Crippen molar-refractivity contribution in [1.82, 2.24) is 15.0 Å². The Morgan fingerprint density at radius 1 is 0.737 bits per heavy atom. The van der Waals surface area contributed by atoms with Crippen LogP contribution in [0.15, 0.2) is 97.2 Å². The van der Waals surface area contributed by atoms with Crippen molar-refractivity contribution >= 4 is 0 Å². The van der Waals surface area contributed by atoms with Crippen molar-refractivity contribution in [3.05, 3.63) is 120 Å². The summed E-state index contributed by atoms with van der Waals surface area (Å²) in [6.45, 7) is 2.02. The van der Waals surface area contributed by atoms with Crippen LogP contribution in [0.4, 0.5) is 0 Å². The Balaban J connectivity index is 1.26. The first-order chi connectivity index (χ1) is 18.8. The first-order valence-corrected chi connectivity index (χ1v) is 12.9. The number of benzene rings is 3. The largest absolute Gasteiger partial charge is 0.374 e. The number of hydrogen-bond acceptors (Lipinski definition) is 7.